The van der Waals surface area contributed by atoms with Gasteiger partial charge in [-0.1, -0.05) is 0 Å². The Morgan fingerprint density at radius 3 is 2.89 bits per heavy atom. The van der Waals surface area contributed by atoms with E-state index >= 15 is 0 Å². The molecule has 0 spiro atoms. The lowest BCUT2D eigenvalue weighted by atomic mass is 10.2. The third-order valence-electron chi connectivity index (χ3n) is 2.48. The molecule has 0 atom stereocenters. The predicted molar refractivity (Wildman–Crippen MR) is 71.7 cm³/mol. The van der Waals surface area contributed by atoms with Crippen LogP contribution in [0.5, 0.6) is 0 Å². The minimum atomic E-state index is -0.980. The number of carbonyl (C=O) groups is 1. The minimum absolute atomic E-state index is 0.186. The molecule has 1 heterocycles. The Balaban J connectivity index is 2.36. The van der Waals surface area contributed by atoms with Crippen molar-refractivity contribution in [2.24, 2.45) is 0 Å². The molecule has 1 aromatic rings. The lowest BCUT2D eigenvalue weighted by Crippen LogP contribution is -2.11. The molecular weight excluding hydrogens is 248 g/mol. The zero-order valence-corrected chi connectivity index (χ0v) is 11.3. The lowest BCUT2D eigenvalue weighted by Gasteiger charge is -2.10. The maximum atomic E-state index is 11.0. The number of carboxylic acids is 1. The van der Waals surface area contributed by atoms with Crippen molar-refractivity contribution in [1.82, 2.24) is 4.98 Å². The van der Waals surface area contributed by atoms with Crippen LogP contribution in [-0.4, -0.2) is 49.5 Å². The van der Waals surface area contributed by atoms with Gasteiger partial charge in [0, 0.05) is 32.2 Å². The van der Waals surface area contributed by atoms with E-state index in [2.05, 4.69) is 10.3 Å². The van der Waals surface area contributed by atoms with Crippen LogP contribution in [0.2, 0.25) is 0 Å². The van der Waals surface area contributed by atoms with Gasteiger partial charge in [-0.3, -0.25) is 4.98 Å². The molecule has 1 aromatic heterocycles. The first kappa shape index (κ1) is 15.4. The van der Waals surface area contributed by atoms with Gasteiger partial charge in [-0.15, -0.1) is 0 Å². The van der Waals surface area contributed by atoms with Crippen molar-refractivity contribution in [2.75, 3.05) is 38.8 Å². The molecule has 0 saturated heterocycles. The second-order valence-corrected chi connectivity index (χ2v) is 4.06. The van der Waals surface area contributed by atoms with Gasteiger partial charge in [0.2, 0.25) is 0 Å². The van der Waals surface area contributed by atoms with E-state index in [1.807, 2.05) is 6.92 Å². The largest absolute Gasteiger partial charge is 0.478 e. The van der Waals surface area contributed by atoms with Gasteiger partial charge >= 0.3 is 5.97 Å². The Bertz CT molecular complexity index is 410. The zero-order valence-electron chi connectivity index (χ0n) is 11.3. The minimum Gasteiger partial charge on any atom is -0.478 e. The van der Waals surface area contributed by atoms with Gasteiger partial charge < -0.3 is 19.9 Å². The number of hydrogen-bond acceptors (Lipinski definition) is 5. The van der Waals surface area contributed by atoms with Crippen LogP contribution >= 0.6 is 0 Å². The van der Waals surface area contributed by atoms with E-state index in [9.17, 15) is 4.79 Å². The van der Waals surface area contributed by atoms with Gasteiger partial charge in [-0.05, 0) is 19.4 Å². The van der Waals surface area contributed by atoms with Gasteiger partial charge in [-0.2, -0.15) is 0 Å². The maximum absolute atomic E-state index is 11.0. The summed E-state index contributed by atoms with van der Waals surface area (Å²) in [4.78, 5) is 15.0. The molecule has 6 heteroatoms. The van der Waals surface area contributed by atoms with Crippen LogP contribution in [0.1, 0.15) is 22.5 Å². The summed E-state index contributed by atoms with van der Waals surface area (Å²) in [5.74, 6) is -0.980. The Labute approximate surface area is 112 Å². The van der Waals surface area contributed by atoms with Crippen molar-refractivity contribution in [3.05, 3.63) is 23.5 Å². The quantitative estimate of drug-likeness (QED) is 0.661. The third kappa shape index (κ3) is 5.67. The molecule has 0 radical (unpaired) electrons. The summed E-state index contributed by atoms with van der Waals surface area (Å²) in [6.07, 6.45) is 2.17. The second-order valence-electron chi connectivity index (χ2n) is 4.06. The van der Waals surface area contributed by atoms with Crippen LogP contribution in [0.3, 0.4) is 0 Å². The van der Waals surface area contributed by atoms with Crippen LogP contribution in [0, 0.1) is 6.92 Å². The number of aromatic carboxylic acids is 1. The van der Waals surface area contributed by atoms with Crippen molar-refractivity contribution in [3.63, 3.8) is 0 Å². The number of aromatic nitrogens is 1. The van der Waals surface area contributed by atoms with Gasteiger partial charge in [-0.25, -0.2) is 4.79 Å². The average molecular weight is 268 g/mol. The molecule has 19 heavy (non-hydrogen) atoms. The van der Waals surface area contributed by atoms with Crippen molar-refractivity contribution in [3.8, 4) is 0 Å². The third-order valence-corrected chi connectivity index (χ3v) is 2.48. The number of aryl methyl sites for hydroxylation is 1. The van der Waals surface area contributed by atoms with Gasteiger partial charge in [0.25, 0.3) is 0 Å². The van der Waals surface area contributed by atoms with Crippen molar-refractivity contribution < 1.29 is 19.4 Å². The summed E-state index contributed by atoms with van der Waals surface area (Å²) in [5.41, 5.74) is 1.56. The maximum Gasteiger partial charge on any atom is 0.339 e. The molecule has 0 bridgehead atoms. The Morgan fingerprint density at radius 1 is 1.42 bits per heavy atom. The van der Waals surface area contributed by atoms with Gasteiger partial charge in [0.05, 0.1) is 18.9 Å². The number of hydrogen-bond donors (Lipinski definition) is 2. The number of pyridine rings is 1. The molecule has 0 saturated carbocycles. The highest BCUT2D eigenvalue weighted by atomic mass is 16.5. The smallest absolute Gasteiger partial charge is 0.339 e. The molecule has 0 aliphatic carbocycles. The van der Waals surface area contributed by atoms with Crippen molar-refractivity contribution in [2.45, 2.75) is 13.3 Å². The number of rotatable bonds is 9. The summed E-state index contributed by atoms with van der Waals surface area (Å²) in [5, 5.41) is 12.1. The topological polar surface area (TPSA) is 80.7 Å². The summed E-state index contributed by atoms with van der Waals surface area (Å²) in [6, 6.07) is 1.73. The molecule has 0 aliphatic heterocycles. The number of methoxy groups -OCH3 is 1. The van der Waals surface area contributed by atoms with E-state index in [1.165, 1.54) is 6.20 Å². The van der Waals surface area contributed by atoms with E-state index in [1.54, 1.807) is 13.2 Å². The highest BCUT2D eigenvalue weighted by molar-refractivity contribution is 5.93. The first-order chi connectivity index (χ1) is 9.15. The molecule has 1 rings (SSSR count). The molecule has 6 nitrogen and oxygen atoms in total. The normalized spacial score (nSPS) is 10.4. The molecule has 2 N–H and O–H groups in total. The van der Waals surface area contributed by atoms with Crippen LogP contribution in [-0.2, 0) is 9.47 Å². The van der Waals surface area contributed by atoms with Gasteiger partial charge in [0.1, 0.15) is 5.56 Å². The van der Waals surface area contributed by atoms with Crippen LogP contribution in [0.4, 0.5) is 5.69 Å². The number of nitrogens with one attached hydrogen (secondary N) is 1. The Morgan fingerprint density at radius 2 is 2.21 bits per heavy atom. The fourth-order valence-corrected chi connectivity index (χ4v) is 1.52. The fourth-order valence-electron chi connectivity index (χ4n) is 1.52. The molecule has 0 aliphatic rings. The van der Waals surface area contributed by atoms with Gasteiger partial charge in [0.15, 0.2) is 0 Å². The van der Waals surface area contributed by atoms with Crippen LogP contribution < -0.4 is 5.32 Å². The summed E-state index contributed by atoms with van der Waals surface area (Å²) >= 11 is 0. The molecule has 106 valence electrons. The molecule has 0 aromatic carbocycles. The second kappa shape index (κ2) is 8.44. The summed E-state index contributed by atoms with van der Waals surface area (Å²) in [7, 11) is 1.63. The number of carboxylic acid groups (broad SMARTS) is 1. The molecule has 0 amide bonds. The monoisotopic (exact) mass is 268 g/mol. The van der Waals surface area contributed by atoms with E-state index in [0.29, 0.717) is 32.1 Å². The van der Waals surface area contributed by atoms with E-state index < -0.39 is 5.97 Å². The SMILES string of the molecule is COCCOCCCNc1cc(C)ncc1C(=O)O. The highest BCUT2D eigenvalue weighted by Gasteiger charge is 2.10. The van der Waals surface area contributed by atoms with Crippen molar-refractivity contribution in [1.29, 1.82) is 0 Å². The summed E-state index contributed by atoms with van der Waals surface area (Å²) < 4.78 is 10.2. The van der Waals surface area contributed by atoms with E-state index in [0.717, 1.165) is 12.1 Å². The highest BCUT2D eigenvalue weighted by Crippen LogP contribution is 2.15. The standard InChI is InChI=1S/C13H20N2O4/c1-10-8-12(11(9-15-10)13(16)17)14-4-3-5-19-7-6-18-2/h8-9H,3-7H2,1-2H3,(H,14,15)(H,16,17). The first-order valence-electron chi connectivity index (χ1n) is 6.15. The Hall–Kier alpha value is -1.66. The number of nitrogens with zero attached hydrogens (tertiary/aromatic N) is 1. The summed E-state index contributed by atoms with van der Waals surface area (Å²) in [6.45, 7) is 4.25. The average Bonchev–Trinajstić information content (AvgIpc) is 2.37. The lowest BCUT2D eigenvalue weighted by molar-refractivity contribution is 0.0697. The fraction of sp³-hybridized carbons (Fsp3) is 0.538. The Kier molecular flexibility index (Phi) is 6.84. The van der Waals surface area contributed by atoms with Crippen molar-refractivity contribution >= 4 is 11.7 Å². The first-order valence-corrected chi connectivity index (χ1v) is 6.15. The number of ether oxygens (including phenoxy) is 2. The molecular formula is C13H20N2O4. The van der Waals surface area contributed by atoms with Crippen LogP contribution in [0.25, 0.3) is 0 Å². The van der Waals surface area contributed by atoms with E-state index in [-0.39, 0.29) is 5.56 Å². The van der Waals surface area contributed by atoms with Crippen LogP contribution in [0.15, 0.2) is 12.3 Å². The predicted octanol–water partition coefficient (Wildman–Crippen LogP) is 1.55. The molecule has 0 fully saturated rings. The zero-order chi connectivity index (χ0) is 14.1. The van der Waals surface area contributed by atoms with E-state index in [4.69, 9.17) is 14.6 Å². The molecule has 0 unspecified atom stereocenters. The number of anilines is 1.